The van der Waals surface area contributed by atoms with E-state index in [1.165, 1.54) is 6.92 Å². The zero-order valence-electron chi connectivity index (χ0n) is 13.9. The topological polar surface area (TPSA) is 113 Å². The smallest absolute Gasteiger partial charge is 0.242 e. The van der Waals surface area contributed by atoms with Crippen LogP contribution in [-0.4, -0.2) is 40.7 Å². The van der Waals surface area contributed by atoms with E-state index in [-0.39, 0.29) is 0 Å². The van der Waals surface area contributed by atoms with Gasteiger partial charge in [0.15, 0.2) is 5.78 Å². The average molecular weight is 342 g/mol. The molecule has 1 amide bonds. The Labute approximate surface area is 146 Å². The van der Waals surface area contributed by atoms with Gasteiger partial charge in [-0.3, -0.25) is 9.59 Å². The molecule has 0 saturated heterocycles. The Morgan fingerprint density at radius 2 is 1.60 bits per heavy atom. The standard InChI is InChI=1S/C19H22N2O4/c1-12(23)18(16(24)11-22)21-19(25)17(20)15-9-7-14(8-10-15)13-5-3-2-4-6-13/h2-10,12,17-18,22-23H,11,20H2,1H3,(H,21,25)/t12-,17-,18+/m1/s1. The largest absolute Gasteiger partial charge is 0.391 e. The van der Waals surface area contributed by atoms with Crippen molar-refractivity contribution in [2.75, 3.05) is 6.61 Å². The molecular weight excluding hydrogens is 320 g/mol. The number of benzene rings is 2. The number of carbonyl (C=O) groups excluding carboxylic acids is 2. The van der Waals surface area contributed by atoms with Gasteiger partial charge >= 0.3 is 0 Å². The highest BCUT2D eigenvalue weighted by Crippen LogP contribution is 2.21. The third-order valence-corrected chi connectivity index (χ3v) is 3.94. The third kappa shape index (κ3) is 4.73. The van der Waals surface area contributed by atoms with Gasteiger partial charge in [0.25, 0.3) is 0 Å². The van der Waals surface area contributed by atoms with Crippen LogP contribution >= 0.6 is 0 Å². The van der Waals surface area contributed by atoms with Crippen LogP contribution in [0.25, 0.3) is 11.1 Å². The quantitative estimate of drug-likeness (QED) is 0.594. The van der Waals surface area contributed by atoms with E-state index in [1.807, 2.05) is 42.5 Å². The van der Waals surface area contributed by atoms with Crippen LogP contribution in [0.4, 0.5) is 0 Å². The maximum absolute atomic E-state index is 12.3. The first-order valence-electron chi connectivity index (χ1n) is 7.97. The predicted molar refractivity (Wildman–Crippen MR) is 94.5 cm³/mol. The molecular formula is C19H22N2O4. The maximum Gasteiger partial charge on any atom is 0.242 e. The number of aliphatic hydroxyl groups excluding tert-OH is 2. The number of rotatable bonds is 7. The first-order valence-corrected chi connectivity index (χ1v) is 7.97. The molecule has 3 atom stereocenters. The van der Waals surface area contributed by atoms with E-state index >= 15 is 0 Å². The van der Waals surface area contributed by atoms with Gasteiger partial charge in [0, 0.05) is 0 Å². The first kappa shape index (κ1) is 18.8. The monoisotopic (exact) mass is 342 g/mol. The lowest BCUT2D eigenvalue weighted by Crippen LogP contribution is -2.51. The Bertz CT molecular complexity index is 714. The van der Waals surface area contributed by atoms with Crippen LogP contribution in [0.15, 0.2) is 54.6 Å². The summed E-state index contributed by atoms with van der Waals surface area (Å²) in [6, 6.07) is 14.8. The van der Waals surface area contributed by atoms with Crippen molar-refractivity contribution in [3.8, 4) is 11.1 Å². The third-order valence-electron chi connectivity index (χ3n) is 3.94. The zero-order valence-corrected chi connectivity index (χ0v) is 13.9. The summed E-state index contributed by atoms with van der Waals surface area (Å²) < 4.78 is 0. The summed E-state index contributed by atoms with van der Waals surface area (Å²) in [5.74, 6) is -1.27. The molecule has 2 rings (SSSR count). The minimum absolute atomic E-state index is 0.581. The Morgan fingerprint density at radius 3 is 2.12 bits per heavy atom. The number of amides is 1. The van der Waals surface area contributed by atoms with E-state index < -0.39 is 36.5 Å². The fourth-order valence-electron chi connectivity index (χ4n) is 2.48. The summed E-state index contributed by atoms with van der Waals surface area (Å²) in [6.07, 6.45) is -1.13. The number of Topliss-reactive ketones (excluding diaryl/α,β-unsaturated/α-hetero) is 1. The van der Waals surface area contributed by atoms with Crippen LogP contribution in [0.5, 0.6) is 0 Å². The molecule has 6 heteroatoms. The molecule has 0 aliphatic carbocycles. The van der Waals surface area contributed by atoms with Crippen molar-refractivity contribution in [1.29, 1.82) is 0 Å². The molecule has 0 heterocycles. The predicted octanol–water partition coefficient (Wildman–Crippen LogP) is 0.780. The lowest BCUT2D eigenvalue weighted by Gasteiger charge is -2.21. The molecule has 0 aromatic heterocycles. The molecule has 0 fully saturated rings. The molecule has 0 aliphatic heterocycles. The fraction of sp³-hybridized carbons (Fsp3) is 0.263. The normalized spacial score (nSPS) is 14.4. The number of carbonyl (C=O) groups is 2. The molecule has 0 saturated carbocycles. The number of hydrogen-bond donors (Lipinski definition) is 4. The first-order chi connectivity index (χ1) is 11.9. The number of ketones is 1. The summed E-state index contributed by atoms with van der Waals surface area (Å²) in [7, 11) is 0. The average Bonchev–Trinajstić information content (AvgIpc) is 2.65. The van der Waals surface area contributed by atoms with Gasteiger partial charge in [0.05, 0.1) is 6.10 Å². The van der Waals surface area contributed by atoms with E-state index in [1.54, 1.807) is 12.1 Å². The molecule has 6 nitrogen and oxygen atoms in total. The van der Waals surface area contributed by atoms with Gasteiger partial charge < -0.3 is 21.3 Å². The van der Waals surface area contributed by atoms with Crippen molar-refractivity contribution in [3.63, 3.8) is 0 Å². The van der Waals surface area contributed by atoms with Crippen LogP contribution in [-0.2, 0) is 9.59 Å². The Kier molecular flexibility index (Phi) is 6.41. The molecule has 25 heavy (non-hydrogen) atoms. The van der Waals surface area contributed by atoms with Crippen LogP contribution in [0.3, 0.4) is 0 Å². The lowest BCUT2D eigenvalue weighted by atomic mass is 10.00. The molecule has 2 aromatic carbocycles. The van der Waals surface area contributed by atoms with Crippen LogP contribution < -0.4 is 11.1 Å². The Morgan fingerprint density at radius 1 is 1.04 bits per heavy atom. The van der Waals surface area contributed by atoms with E-state index in [2.05, 4.69) is 5.32 Å². The summed E-state index contributed by atoms with van der Waals surface area (Å²) in [6.45, 7) is 0.593. The number of hydrogen-bond acceptors (Lipinski definition) is 5. The van der Waals surface area contributed by atoms with Gasteiger partial charge in [-0.2, -0.15) is 0 Å². The van der Waals surface area contributed by atoms with E-state index in [0.29, 0.717) is 5.56 Å². The number of nitrogens with one attached hydrogen (secondary N) is 1. The van der Waals surface area contributed by atoms with Crippen molar-refractivity contribution in [2.24, 2.45) is 5.73 Å². The molecule has 0 bridgehead atoms. The molecule has 2 aromatic rings. The summed E-state index contributed by atoms with van der Waals surface area (Å²) in [4.78, 5) is 23.8. The minimum Gasteiger partial charge on any atom is -0.391 e. The molecule has 0 unspecified atom stereocenters. The molecule has 5 N–H and O–H groups in total. The Hall–Kier alpha value is -2.54. The van der Waals surface area contributed by atoms with Crippen molar-refractivity contribution >= 4 is 11.7 Å². The second-order valence-corrected chi connectivity index (χ2v) is 5.82. The maximum atomic E-state index is 12.3. The van der Waals surface area contributed by atoms with Gasteiger partial charge in [0.2, 0.25) is 5.91 Å². The van der Waals surface area contributed by atoms with Gasteiger partial charge in [-0.05, 0) is 23.6 Å². The van der Waals surface area contributed by atoms with Crippen LogP contribution in [0, 0.1) is 0 Å². The highest BCUT2D eigenvalue weighted by molar-refractivity contribution is 5.92. The summed E-state index contributed by atoms with van der Waals surface area (Å²) >= 11 is 0. The van der Waals surface area contributed by atoms with Crippen LogP contribution in [0.1, 0.15) is 18.5 Å². The fourth-order valence-corrected chi connectivity index (χ4v) is 2.48. The van der Waals surface area contributed by atoms with Crippen molar-refractivity contribution in [2.45, 2.75) is 25.1 Å². The minimum atomic E-state index is -1.19. The van der Waals surface area contributed by atoms with Crippen molar-refractivity contribution in [1.82, 2.24) is 5.32 Å². The SMILES string of the molecule is C[C@@H](O)[C@H](NC(=O)[C@H](N)c1ccc(-c2ccccc2)cc1)C(=O)CO. The molecule has 132 valence electrons. The molecule has 0 aliphatic rings. The molecule has 0 radical (unpaired) electrons. The van der Waals surface area contributed by atoms with E-state index in [0.717, 1.165) is 11.1 Å². The van der Waals surface area contributed by atoms with Crippen molar-refractivity contribution < 1.29 is 19.8 Å². The van der Waals surface area contributed by atoms with E-state index in [4.69, 9.17) is 10.8 Å². The highest BCUT2D eigenvalue weighted by Gasteiger charge is 2.27. The zero-order chi connectivity index (χ0) is 18.4. The highest BCUT2D eigenvalue weighted by atomic mass is 16.3. The van der Waals surface area contributed by atoms with Crippen molar-refractivity contribution in [3.05, 3.63) is 60.2 Å². The van der Waals surface area contributed by atoms with Gasteiger partial charge in [-0.25, -0.2) is 0 Å². The summed E-state index contributed by atoms with van der Waals surface area (Å²) in [5, 5.41) is 20.9. The number of nitrogens with two attached hydrogens (primary N) is 1. The summed E-state index contributed by atoms with van der Waals surface area (Å²) in [5.41, 5.74) is 8.58. The van der Waals surface area contributed by atoms with Crippen LogP contribution in [0.2, 0.25) is 0 Å². The molecule has 0 spiro atoms. The van der Waals surface area contributed by atoms with E-state index in [9.17, 15) is 14.7 Å². The van der Waals surface area contributed by atoms with Gasteiger partial charge in [-0.1, -0.05) is 54.6 Å². The van der Waals surface area contributed by atoms with Gasteiger partial charge in [-0.15, -0.1) is 0 Å². The van der Waals surface area contributed by atoms with Gasteiger partial charge in [0.1, 0.15) is 18.7 Å². The second kappa shape index (κ2) is 8.53. The number of aliphatic hydroxyl groups is 2. The second-order valence-electron chi connectivity index (χ2n) is 5.82. The Balaban J connectivity index is 2.10. The lowest BCUT2D eigenvalue weighted by molar-refractivity contribution is -0.132.